The van der Waals surface area contributed by atoms with E-state index in [-0.39, 0.29) is 12.3 Å². The van der Waals surface area contributed by atoms with Gasteiger partial charge in [0.15, 0.2) is 0 Å². The molecule has 0 spiro atoms. The van der Waals surface area contributed by atoms with Crippen molar-refractivity contribution < 1.29 is 19.8 Å². The molecular formula is C10H16O4. The van der Waals surface area contributed by atoms with E-state index in [1.54, 1.807) is 6.08 Å². The smallest absolute Gasteiger partial charge is 0.330 e. The molecule has 4 nitrogen and oxygen atoms in total. The zero-order chi connectivity index (χ0) is 11.1. The lowest BCUT2D eigenvalue weighted by Crippen LogP contribution is -2.04. The van der Waals surface area contributed by atoms with E-state index in [1.165, 1.54) is 6.92 Å². The average Bonchev–Trinajstić information content (AvgIpc) is 2.02. The fraction of sp³-hybridized carbons (Fsp3) is 0.600. The number of carbonyl (C=O) groups is 2. The molecule has 0 radical (unpaired) electrons. The van der Waals surface area contributed by atoms with Crippen LogP contribution in [-0.4, -0.2) is 22.2 Å². The van der Waals surface area contributed by atoms with Gasteiger partial charge in [-0.15, -0.1) is 0 Å². The SMILES string of the molecule is CC(=CCC[C@H](C)CC(=O)O)C(=O)O. The van der Waals surface area contributed by atoms with E-state index in [0.717, 1.165) is 0 Å². The standard InChI is InChI=1S/C10H16O4/c1-7(6-9(11)12)4-3-5-8(2)10(13)14/h5,7H,3-4,6H2,1-2H3,(H,11,12)(H,13,14)/t7-/m0/s1. The minimum atomic E-state index is -0.920. The van der Waals surface area contributed by atoms with Crippen molar-refractivity contribution in [2.75, 3.05) is 0 Å². The summed E-state index contributed by atoms with van der Waals surface area (Å²) < 4.78 is 0. The Kier molecular flexibility index (Phi) is 5.60. The molecule has 0 heterocycles. The minimum absolute atomic E-state index is 0.0883. The second-order valence-electron chi connectivity index (χ2n) is 3.47. The number of hydrogen-bond donors (Lipinski definition) is 2. The van der Waals surface area contributed by atoms with Crippen LogP contribution in [0, 0.1) is 5.92 Å². The van der Waals surface area contributed by atoms with E-state index in [4.69, 9.17) is 10.2 Å². The molecule has 0 saturated heterocycles. The molecule has 0 saturated carbocycles. The van der Waals surface area contributed by atoms with E-state index >= 15 is 0 Å². The summed E-state index contributed by atoms with van der Waals surface area (Å²) in [5.74, 6) is -1.64. The number of carboxylic acids is 2. The Hall–Kier alpha value is -1.32. The van der Waals surface area contributed by atoms with Crippen LogP contribution >= 0.6 is 0 Å². The van der Waals surface area contributed by atoms with E-state index in [2.05, 4.69) is 0 Å². The van der Waals surface area contributed by atoms with Crippen LogP contribution in [0.15, 0.2) is 11.6 Å². The van der Waals surface area contributed by atoms with Gasteiger partial charge in [0.05, 0.1) is 0 Å². The van der Waals surface area contributed by atoms with Gasteiger partial charge in [0.1, 0.15) is 0 Å². The molecule has 80 valence electrons. The monoisotopic (exact) mass is 200 g/mol. The van der Waals surface area contributed by atoms with Crippen LogP contribution in [-0.2, 0) is 9.59 Å². The number of carboxylic acid groups (broad SMARTS) is 2. The number of allylic oxidation sites excluding steroid dienone is 1. The van der Waals surface area contributed by atoms with Crippen molar-refractivity contribution in [3.8, 4) is 0 Å². The first-order valence-electron chi connectivity index (χ1n) is 4.55. The van der Waals surface area contributed by atoms with Crippen molar-refractivity contribution in [3.63, 3.8) is 0 Å². The third-order valence-corrected chi connectivity index (χ3v) is 1.97. The van der Waals surface area contributed by atoms with Gasteiger partial charge in [-0.2, -0.15) is 0 Å². The maximum atomic E-state index is 10.4. The lowest BCUT2D eigenvalue weighted by atomic mass is 10.0. The van der Waals surface area contributed by atoms with E-state index < -0.39 is 11.9 Å². The van der Waals surface area contributed by atoms with Crippen LogP contribution in [0.3, 0.4) is 0 Å². The summed E-state index contributed by atoms with van der Waals surface area (Å²) in [6.45, 7) is 3.38. The second-order valence-corrected chi connectivity index (χ2v) is 3.47. The van der Waals surface area contributed by atoms with Crippen LogP contribution < -0.4 is 0 Å². The predicted octanol–water partition coefficient (Wildman–Crippen LogP) is 1.91. The van der Waals surface area contributed by atoms with Crippen molar-refractivity contribution in [1.29, 1.82) is 0 Å². The first-order chi connectivity index (χ1) is 6.43. The van der Waals surface area contributed by atoms with E-state index in [1.807, 2.05) is 6.92 Å². The summed E-state index contributed by atoms with van der Waals surface area (Å²) in [4.78, 5) is 20.7. The lowest BCUT2D eigenvalue weighted by molar-refractivity contribution is -0.138. The second kappa shape index (κ2) is 6.18. The maximum absolute atomic E-state index is 10.4. The van der Waals surface area contributed by atoms with Crippen LogP contribution in [0.25, 0.3) is 0 Å². The highest BCUT2D eigenvalue weighted by Crippen LogP contribution is 2.11. The molecule has 0 fully saturated rings. The van der Waals surface area contributed by atoms with Crippen LogP contribution in [0.2, 0.25) is 0 Å². The Balaban J connectivity index is 3.78. The molecule has 1 atom stereocenters. The molecule has 2 N–H and O–H groups in total. The summed E-state index contributed by atoms with van der Waals surface area (Å²) in [7, 11) is 0. The largest absolute Gasteiger partial charge is 0.481 e. The molecule has 4 heteroatoms. The van der Waals surface area contributed by atoms with Crippen molar-refractivity contribution in [3.05, 3.63) is 11.6 Å². The Bertz CT molecular complexity index is 243. The minimum Gasteiger partial charge on any atom is -0.481 e. The fourth-order valence-corrected chi connectivity index (χ4v) is 1.07. The summed E-state index contributed by atoms with van der Waals surface area (Å²) in [6, 6.07) is 0. The summed E-state index contributed by atoms with van der Waals surface area (Å²) >= 11 is 0. The maximum Gasteiger partial charge on any atom is 0.330 e. The van der Waals surface area contributed by atoms with E-state index in [0.29, 0.717) is 18.4 Å². The van der Waals surface area contributed by atoms with Gasteiger partial charge in [-0.3, -0.25) is 4.79 Å². The first-order valence-corrected chi connectivity index (χ1v) is 4.55. The van der Waals surface area contributed by atoms with Gasteiger partial charge in [0, 0.05) is 12.0 Å². The highest BCUT2D eigenvalue weighted by atomic mass is 16.4. The molecule has 0 aromatic carbocycles. The van der Waals surface area contributed by atoms with Crippen LogP contribution in [0.4, 0.5) is 0 Å². The molecular weight excluding hydrogens is 184 g/mol. The summed E-state index contributed by atoms with van der Waals surface area (Å²) in [6.07, 6.45) is 3.09. The van der Waals surface area contributed by atoms with Crippen LogP contribution in [0.1, 0.15) is 33.1 Å². The highest BCUT2D eigenvalue weighted by molar-refractivity contribution is 5.85. The molecule has 0 unspecified atom stereocenters. The average molecular weight is 200 g/mol. The van der Waals surface area contributed by atoms with Gasteiger partial charge in [-0.25, -0.2) is 4.79 Å². The predicted molar refractivity (Wildman–Crippen MR) is 52.0 cm³/mol. The number of rotatable bonds is 6. The Labute approximate surface area is 83.2 Å². The Morgan fingerprint density at radius 2 is 1.93 bits per heavy atom. The molecule has 0 rings (SSSR count). The number of hydrogen-bond acceptors (Lipinski definition) is 2. The van der Waals surface area contributed by atoms with Crippen molar-refractivity contribution in [2.45, 2.75) is 33.1 Å². The zero-order valence-corrected chi connectivity index (χ0v) is 8.49. The van der Waals surface area contributed by atoms with Crippen molar-refractivity contribution in [1.82, 2.24) is 0 Å². The van der Waals surface area contributed by atoms with Crippen LogP contribution in [0.5, 0.6) is 0 Å². The van der Waals surface area contributed by atoms with Gasteiger partial charge in [-0.05, 0) is 25.7 Å². The Morgan fingerprint density at radius 3 is 2.36 bits per heavy atom. The zero-order valence-electron chi connectivity index (χ0n) is 8.49. The molecule has 0 aliphatic carbocycles. The van der Waals surface area contributed by atoms with Gasteiger partial charge >= 0.3 is 11.9 Å². The highest BCUT2D eigenvalue weighted by Gasteiger charge is 2.06. The third-order valence-electron chi connectivity index (χ3n) is 1.97. The Morgan fingerprint density at radius 1 is 1.36 bits per heavy atom. The third kappa shape index (κ3) is 6.22. The summed E-state index contributed by atoms with van der Waals surface area (Å²) in [5, 5.41) is 17.0. The van der Waals surface area contributed by atoms with Gasteiger partial charge in [-0.1, -0.05) is 13.0 Å². The van der Waals surface area contributed by atoms with Crippen molar-refractivity contribution >= 4 is 11.9 Å². The number of aliphatic carboxylic acids is 2. The van der Waals surface area contributed by atoms with Gasteiger partial charge in [0.2, 0.25) is 0 Å². The molecule has 14 heavy (non-hydrogen) atoms. The first kappa shape index (κ1) is 12.7. The van der Waals surface area contributed by atoms with Crippen molar-refractivity contribution in [2.24, 2.45) is 5.92 Å². The molecule has 0 bridgehead atoms. The van der Waals surface area contributed by atoms with Gasteiger partial charge in [0.25, 0.3) is 0 Å². The van der Waals surface area contributed by atoms with Gasteiger partial charge < -0.3 is 10.2 Å². The molecule has 0 aromatic heterocycles. The van der Waals surface area contributed by atoms with E-state index in [9.17, 15) is 9.59 Å². The molecule has 0 aliphatic heterocycles. The molecule has 0 aromatic rings. The quantitative estimate of drug-likeness (QED) is 0.642. The normalized spacial score (nSPS) is 13.7. The topological polar surface area (TPSA) is 74.6 Å². The molecule has 0 aliphatic rings. The molecule has 0 amide bonds. The lowest BCUT2D eigenvalue weighted by Gasteiger charge is -2.05. The fourth-order valence-electron chi connectivity index (χ4n) is 1.07. The summed E-state index contributed by atoms with van der Waals surface area (Å²) in [5.41, 5.74) is 0.313.